The van der Waals surface area contributed by atoms with Gasteiger partial charge in [0.1, 0.15) is 5.01 Å². The van der Waals surface area contributed by atoms with Crippen molar-refractivity contribution in [3.63, 3.8) is 0 Å². The van der Waals surface area contributed by atoms with Crippen LogP contribution in [0.3, 0.4) is 0 Å². The minimum Gasteiger partial charge on any atom is -0.339 e. The normalized spacial score (nSPS) is 13.8. The molecular formula is C25H26N4OS2. The van der Waals surface area contributed by atoms with Gasteiger partial charge in [0, 0.05) is 46.5 Å². The number of hydrogen-bond acceptors (Lipinski definition) is 5. The summed E-state index contributed by atoms with van der Waals surface area (Å²) in [7, 11) is 0. The number of likely N-dealkylation sites (tertiary alicyclic amines) is 1. The van der Waals surface area contributed by atoms with E-state index in [1.807, 2.05) is 23.2 Å². The maximum Gasteiger partial charge on any atom is 0.255 e. The molecule has 1 saturated heterocycles. The summed E-state index contributed by atoms with van der Waals surface area (Å²) in [5.74, 6) is 0.142. The third-order valence-electron chi connectivity index (χ3n) is 6.08. The van der Waals surface area contributed by atoms with Gasteiger partial charge >= 0.3 is 0 Å². The maximum atomic E-state index is 13.3. The van der Waals surface area contributed by atoms with E-state index in [1.165, 1.54) is 4.88 Å². The second kappa shape index (κ2) is 9.00. The minimum absolute atomic E-state index is 0.142. The van der Waals surface area contributed by atoms with Gasteiger partial charge in [0.15, 0.2) is 0 Å². The van der Waals surface area contributed by atoms with Crippen LogP contribution in [0.5, 0.6) is 0 Å². The fourth-order valence-electron chi connectivity index (χ4n) is 4.26. The molecule has 4 aromatic rings. The van der Waals surface area contributed by atoms with E-state index in [9.17, 15) is 4.79 Å². The molecule has 0 saturated carbocycles. The number of carbonyl (C=O) groups is 1. The molecule has 5 rings (SSSR count). The molecule has 164 valence electrons. The van der Waals surface area contributed by atoms with E-state index >= 15 is 0 Å². The van der Waals surface area contributed by atoms with Crippen LogP contribution in [-0.4, -0.2) is 38.4 Å². The smallest absolute Gasteiger partial charge is 0.255 e. The van der Waals surface area contributed by atoms with Gasteiger partial charge < -0.3 is 9.47 Å². The second-order valence-electron chi connectivity index (χ2n) is 8.12. The van der Waals surface area contributed by atoms with E-state index in [-0.39, 0.29) is 5.91 Å². The summed E-state index contributed by atoms with van der Waals surface area (Å²) in [4.78, 5) is 25.9. The Labute approximate surface area is 196 Å². The van der Waals surface area contributed by atoms with Crippen molar-refractivity contribution in [2.24, 2.45) is 0 Å². The Morgan fingerprint density at radius 2 is 2.00 bits per heavy atom. The molecule has 1 aliphatic heterocycles. The number of thiazole rings is 1. The molecule has 7 heteroatoms. The van der Waals surface area contributed by atoms with E-state index < -0.39 is 0 Å². The minimum atomic E-state index is 0.142. The van der Waals surface area contributed by atoms with Crippen molar-refractivity contribution >= 4 is 28.6 Å². The van der Waals surface area contributed by atoms with Crippen molar-refractivity contribution in [2.45, 2.75) is 39.7 Å². The Bertz CT molecular complexity index is 1230. The molecule has 0 N–H and O–H groups in total. The fraction of sp³-hybridized carbons (Fsp3) is 0.320. The highest BCUT2D eigenvalue weighted by atomic mass is 32.1. The number of carbonyl (C=O) groups excluding carboxylic acids is 1. The van der Waals surface area contributed by atoms with E-state index in [2.05, 4.69) is 52.4 Å². The van der Waals surface area contributed by atoms with Gasteiger partial charge in [-0.25, -0.2) is 4.98 Å². The van der Waals surface area contributed by atoms with Crippen molar-refractivity contribution in [1.29, 1.82) is 0 Å². The largest absolute Gasteiger partial charge is 0.339 e. The van der Waals surface area contributed by atoms with Crippen molar-refractivity contribution in [2.75, 3.05) is 13.1 Å². The number of pyridine rings is 1. The number of thiophene rings is 1. The molecule has 0 bridgehead atoms. The standard InChI is InChI=1S/C25H26N4OS2/c1-3-19-13-18(8-9-26-19)24-27-22(16-32-24)23-14-21(25(30)28-10-4-5-11-28)17(2)29(23)15-20-7-6-12-31-20/h6-9,12-14,16H,3-5,10-11,15H2,1-2H3. The molecule has 5 heterocycles. The molecule has 0 aromatic carbocycles. The number of rotatable bonds is 6. The van der Waals surface area contributed by atoms with E-state index in [0.717, 1.165) is 77.8 Å². The van der Waals surface area contributed by atoms with Crippen molar-refractivity contribution in [3.8, 4) is 22.0 Å². The van der Waals surface area contributed by atoms with Crippen LogP contribution >= 0.6 is 22.7 Å². The third-order valence-corrected chi connectivity index (χ3v) is 7.83. The fourth-order valence-corrected chi connectivity index (χ4v) is 5.76. The Hall–Kier alpha value is -2.77. The molecule has 0 spiro atoms. The summed E-state index contributed by atoms with van der Waals surface area (Å²) in [6.45, 7) is 6.62. The van der Waals surface area contributed by atoms with E-state index in [4.69, 9.17) is 4.98 Å². The maximum absolute atomic E-state index is 13.3. The molecule has 0 radical (unpaired) electrons. The lowest BCUT2D eigenvalue weighted by Gasteiger charge is -2.15. The first-order chi connectivity index (χ1) is 15.6. The van der Waals surface area contributed by atoms with Crippen molar-refractivity contribution in [3.05, 3.63) is 69.1 Å². The van der Waals surface area contributed by atoms with Crippen LogP contribution in [0, 0.1) is 6.92 Å². The van der Waals surface area contributed by atoms with Gasteiger partial charge in [0.05, 0.1) is 23.5 Å². The van der Waals surface area contributed by atoms with Gasteiger partial charge in [-0.1, -0.05) is 13.0 Å². The van der Waals surface area contributed by atoms with Crippen LogP contribution in [0.1, 0.15) is 46.4 Å². The number of hydrogen-bond donors (Lipinski definition) is 0. The first-order valence-corrected chi connectivity index (χ1v) is 12.8. The Morgan fingerprint density at radius 1 is 1.16 bits per heavy atom. The average molecular weight is 463 g/mol. The average Bonchev–Trinajstić information content (AvgIpc) is 3.62. The summed E-state index contributed by atoms with van der Waals surface area (Å²) in [5, 5.41) is 5.18. The summed E-state index contributed by atoms with van der Waals surface area (Å²) in [5.41, 5.74) is 5.89. The van der Waals surface area contributed by atoms with Crippen molar-refractivity contribution in [1.82, 2.24) is 19.4 Å². The van der Waals surface area contributed by atoms with Crippen LogP contribution < -0.4 is 0 Å². The number of amides is 1. The lowest BCUT2D eigenvalue weighted by molar-refractivity contribution is 0.0792. The molecule has 32 heavy (non-hydrogen) atoms. The summed E-state index contributed by atoms with van der Waals surface area (Å²) < 4.78 is 2.25. The first kappa shape index (κ1) is 21.1. The van der Waals surface area contributed by atoms with Crippen molar-refractivity contribution < 1.29 is 4.79 Å². The van der Waals surface area contributed by atoms with Gasteiger partial charge in [-0.05, 0) is 55.8 Å². The summed E-state index contributed by atoms with van der Waals surface area (Å²) in [6, 6.07) is 10.4. The van der Waals surface area contributed by atoms with Crippen LogP contribution in [0.15, 0.2) is 47.3 Å². The van der Waals surface area contributed by atoms with Crippen LogP contribution in [0.2, 0.25) is 0 Å². The van der Waals surface area contributed by atoms with Gasteiger partial charge in [0.2, 0.25) is 0 Å². The molecular weight excluding hydrogens is 436 g/mol. The molecule has 5 nitrogen and oxygen atoms in total. The molecule has 4 aromatic heterocycles. The van der Waals surface area contributed by atoms with E-state index in [0.29, 0.717) is 0 Å². The lowest BCUT2D eigenvalue weighted by atomic mass is 10.2. The quantitative estimate of drug-likeness (QED) is 0.359. The number of aryl methyl sites for hydroxylation is 1. The molecule has 0 atom stereocenters. The second-order valence-corrected chi connectivity index (χ2v) is 10.0. The predicted octanol–water partition coefficient (Wildman–Crippen LogP) is 5.89. The number of nitrogens with zero attached hydrogens (tertiary/aromatic N) is 4. The zero-order chi connectivity index (χ0) is 22.1. The van der Waals surface area contributed by atoms with Gasteiger partial charge in [-0.2, -0.15) is 0 Å². The predicted molar refractivity (Wildman–Crippen MR) is 131 cm³/mol. The zero-order valence-corrected chi connectivity index (χ0v) is 20.0. The van der Waals surface area contributed by atoms with Crippen LogP contribution in [0.25, 0.3) is 22.0 Å². The zero-order valence-electron chi connectivity index (χ0n) is 18.4. The van der Waals surface area contributed by atoms with E-state index in [1.54, 1.807) is 22.7 Å². The van der Waals surface area contributed by atoms with Crippen LogP contribution in [-0.2, 0) is 13.0 Å². The highest BCUT2D eigenvalue weighted by Gasteiger charge is 2.26. The molecule has 1 amide bonds. The summed E-state index contributed by atoms with van der Waals surface area (Å²) in [6.07, 6.45) is 4.94. The molecule has 1 aliphatic rings. The van der Waals surface area contributed by atoms with Gasteiger partial charge in [0.25, 0.3) is 5.91 Å². The Balaban J connectivity index is 1.55. The highest BCUT2D eigenvalue weighted by molar-refractivity contribution is 7.13. The number of aromatic nitrogens is 3. The monoisotopic (exact) mass is 462 g/mol. The molecule has 0 unspecified atom stereocenters. The lowest BCUT2D eigenvalue weighted by Crippen LogP contribution is -2.28. The van der Waals surface area contributed by atoms with Gasteiger partial charge in [-0.3, -0.25) is 9.78 Å². The highest BCUT2D eigenvalue weighted by Crippen LogP contribution is 2.33. The first-order valence-electron chi connectivity index (χ1n) is 11.1. The molecule has 0 aliphatic carbocycles. The third kappa shape index (κ3) is 4.02. The van der Waals surface area contributed by atoms with Crippen LogP contribution in [0.4, 0.5) is 0 Å². The Morgan fingerprint density at radius 3 is 2.75 bits per heavy atom. The Kier molecular flexibility index (Phi) is 5.93. The van der Waals surface area contributed by atoms with Gasteiger partial charge in [-0.15, -0.1) is 22.7 Å². The topological polar surface area (TPSA) is 51.0 Å². The summed E-state index contributed by atoms with van der Waals surface area (Å²) >= 11 is 3.38. The SMILES string of the molecule is CCc1cc(-c2nc(-c3cc(C(=O)N4CCCC4)c(C)n3Cc3cccs3)cs2)ccn1. The molecule has 1 fully saturated rings.